The topological polar surface area (TPSA) is 52.6 Å². The van der Waals surface area contributed by atoms with Crippen LogP contribution >= 0.6 is 11.6 Å². The van der Waals surface area contributed by atoms with Crippen LogP contribution in [0.2, 0.25) is 0 Å². The molecule has 0 bridgehead atoms. The van der Waals surface area contributed by atoms with Crippen LogP contribution in [0, 0.1) is 0 Å². The van der Waals surface area contributed by atoms with Gasteiger partial charge in [0.15, 0.2) is 0 Å². The molecule has 1 unspecified atom stereocenters. The number of hydrogen-bond acceptors (Lipinski definition) is 3. The Balaban J connectivity index is 1.88. The second kappa shape index (κ2) is 9.21. The number of hydrogen-bond donors (Lipinski definition) is 2. The lowest BCUT2D eigenvalue weighted by Crippen LogP contribution is -2.26. The van der Waals surface area contributed by atoms with Crippen LogP contribution in [0.25, 0.3) is 0 Å². The van der Waals surface area contributed by atoms with E-state index in [1.54, 1.807) is 4.90 Å². The Labute approximate surface area is 164 Å². The maximum atomic E-state index is 13.1. The van der Waals surface area contributed by atoms with Gasteiger partial charge in [-0.1, -0.05) is 36.4 Å². The van der Waals surface area contributed by atoms with Crippen molar-refractivity contribution in [2.24, 2.45) is 0 Å². The maximum absolute atomic E-state index is 13.1. The Hall–Kier alpha value is -2.82. The summed E-state index contributed by atoms with van der Waals surface area (Å²) in [5.74, 6) is 0.0819. The molecule has 0 saturated heterocycles. The van der Waals surface area contributed by atoms with E-state index in [0.717, 1.165) is 17.1 Å². The van der Waals surface area contributed by atoms with Gasteiger partial charge in [-0.3, -0.25) is 9.69 Å². The van der Waals surface area contributed by atoms with Crippen molar-refractivity contribution in [2.75, 3.05) is 22.6 Å². The van der Waals surface area contributed by atoms with Crippen LogP contribution < -0.4 is 10.2 Å². The van der Waals surface area contributed by atoms with E-state index in [2.05, 4.69) is 5.32 Å². The van der Waals surface area contributed by atoms with Gasteiger partial charge in [0, 0.05) is 29.2 Å². The van der Waals surface area contributed by atoms with E-state index >= 15 is 0 Å². The zero-order chi connectivity index (χ0) is 19.1. The molecule has 138 valence electrons. The SMILES string of the molecule is O=C(c1ccccc1)N(c1ccccc1)c1ccc(NCC(O)CCl)cc1. The summed E-state index contributed by atoms with van der Waals surface area (Å²) in [6.45, 7) is 0.369. The third-order valence-electron chi connectivity index (χ3n) is 4.08. The number of nitrogens with one attached hydrogen (secondary N) is 1. The lowest BCUT2D eigenvalue weighted by Gasteiger charge is -2.23. The molecule has 27 heavy (non-hydrogen) atoms. The lowest BCUT2D eigenvalue weighted by atomic mass is 10.1. The third-order valence-corrected chi connectivity index (χ3v) is 4.44. The first-order valence-electron chi connectivity index (χ1n) is 8.71. The molecule has 3 rings (SSSR count). The zero-order valence-corrected chi connectivity index (χ0v) is 15.5. The standard InChI is InChI=1S/C22H21ClN2O2/c23-15-21(26)16-24-18-11-13-20(14-12-18)25(19-9-5-2-6-10-19)22(27)17-7-3-1-4-8-17/h1-14,21,24,26H,15-16H2. The number of nitrogens with zero attached hydrogens (tertiary/aromatic N) is 1. The molecule has 4 nitrogen and oxygen atoms in total. The highest BCUT2D eigenvalue weighted by atomic mass is 35.5. The van der Waals surface area contributed by atoms with Gasteiger partial charge in [-0.25, -0.2) is 0 Å². The van der Waals surface area contributed by atoms with E-state index in [1.807, 2.05) is 84.9 Å². The number of aliphatic hydroxyl groups excluding tert-OH is 1. The summed E-state index contributed by atoms with van der Waals surface area (Å²) < 4.78 is 0. The summed E-state index contributed by atoms with van der Waals surface area (Å²) in [6, 6.07) is 26.3. The van der Waals surface area contributed by atoms with Crippen LogP contribution in [0.5, 0.6) is 0 Å². The van der Waals surface area contributed by atoms with Crippen molar-refractivity contribution in [3.8, 4) is 0 Å². The van der Waals surface area contributed by atoms with E-state index in [-0.39, 0.29) is 11.8 Å². The number of para-hydroxylation sites is 1. The number of carbonyl (C=O) groups is 1. The molecule has 1 atom stereocenters. The number of rotatable bonds is 7. The fourth-order valence-corrected chi connectivity index (χ4v) is 2.80. The molecule has 0 fully saturated rings. The Kier molecular flexibility index (Phi) is 6.47. The van der Waals surface area contributed by atoms with Crippen LogP contribution in [-0.2, 0) is 0 Å². The predicted octanol–water partition coefficient (Wildman–Crippen LogP) is 4.68. The largest absolute Gasteiger partial charge is 0.390 e. The minimum absolute atomic E-state index is 0.0972. The van der Waals surface area contributed by atoms with Gasteiger partial charge in [0.25, 0.3) is 5.91 Å². The summed E-state index contributed by atoms with van der Waals surface area (Å²) in [4.78, 5) is 14.8. The number of aliphatic hydroxyl groups is 1. The number of anilines is 3. The maximum Gasteiger partial charge on any atom is 0.262 e. The normalized spacial score (nSPS) is 11.6. The van der Waals surface area contributed by atoms with Crippen LogP contribution in [0.4, 0.5) is 17.1 Å². The minimum atomic E-state index is -0.605. The quantitative estimate of drug-likeness (QED) is 0.585. The average Bonchev–Trinajstić information content (AvgIpc) is 2.74. The molecule has 0 heterocycles. The first-order valence-corrected chi connectivity index (χ1v) is 9.25. The second-order valence-electron chi connectivity index (χ2n) is 6.08. The highest BCUT2D eigenvalue weighted by Gasteiger charge is 2.19. The Bertz CT molecular complexity index is 855. The fraction of sp³-hybridized carbons (Fsp3) is 0.136. The molecule has 3 aromatic rings. The average molecular weight is 381 g/mol. The molecule has 0 aliphatic rings. The lowest BCUT2D eigenvalue weighted by molar-refractivity contribution is 0.0999. The van der Waals surface area contributed by atoms with Crippen molar-refractivity contribution in [3.63, 3.8) is 0 Å². The summed E-state index contributed by atoms with van der Waals surface area (Å²) in [7, 11) is 0. The van der Waals surface area contributed by atoms with Gasteiger partial charge >= 0.3 is 0 Å². The van der Waals surface area contributed by atoms with Crippen molar-refractivity contribution >= 4 is 34.6 Å². The van der Waals surface area contributed by atoms with Gasteiger partial charge in [-0.05, 0) is 48.5 Å². The van der Waals surface area contributed by atoms with E-state index < -0.39 is 6.10 Å². The number of alkyl halides is 1. The summed E-state index contributed by atoms with van der Waals surface area (Å²) >= 11 is 5.61. The van der Waals surface area contributed by atoms with Crippen LogP contribution in [-0.4, -0.2) is 29.5 Å². The van der Waals surface area contributed by atoms with Crippen molar-refractivity contribution in [3.05, 3.63) is 90.5 Å². The first kappa shape index (κ1) is 19.0. The zero-order valence-electron chi connectivity index (χ0n) is 14.8. The van der Waals surface area contributed by atoms with E-state index in [9.17, 15) is 9.90 Å². The van der Waals surface area contributed by atoms with Crippen LogP contribution in [0.1, 0.15) is 10.4 Å². The molecule has 0 aliphatic heterocycles. The molecule has 0 spiro atoms. The van der Waals surface area contributed by atoms with Crippen LogP contribution in [0.3, 0.4) is 0 Å². The van der Waals surface area contributed by atoms with E-state index in [0.29, 0.717) is 12.1 Å². The predicted molar refractivity (Wildman–Crippen MR) is 111 cm³/mol. The van der Waals surface area contributed by atoms with Gasteiger partial charge < -0.3 is 10.4 Å². The van der Waals surface area contributed by atoms with Gasteiger partial charge in [-0.2, -0.15) is 0 Å². The summed E-state index contributed by atoms with van der Waals surface area (Å²) in [6.07, 6.45) is -0.605. The second-order valence-corrected chi connectivity index (χ2v) is 6.39. The molecule has 1 amide bonds. The number of amides is 1. The summed E-state index contributed by atoms with van der Waals surface area (Å²) in [5.41, 5.74) is 3.03. The monoisotopic (exact) mass is 380 g/mol. The van der Waals surface area contributed by atoms with Gasteiger partial charge in [0.2, 0.25) is 0 Å². The summed E-state index contributed by atoms with van der Waals surface area (Å²) in [5, 5.41) is 12.7. The molecule has 2 N–H and O–H groups in total. The molecular formula is C22H21ClN2O2. The highest BCUT2D eigenvalue weighted by molar-refractivity contribution is 6.18. The third kappa shape index (κ3) is 4.88. The molecule has 0 saturated carbocycles. The van der Waals surface area contributed by atoms with Crippen LogP contribution in [0.15, 0.2) is 84.9 Å². The number of halogens is 1. The number of benzene rings is 3. The Morgan fingerprint density at radius 1 is 0.889 bits per heavy atom. The smallest absolute Gasteiger partial charge is 0.262 e. The first-order chi connectivity index (χ1) is 13.2. The van der Waals surface area contributed by atoms with Crippen molar-refractivity contribution in [1.82, 2.24) is 0 Å². The fourth-order valence-electron chi connectivity index (χ4n) is 2.69. The van der Waals surface area contributed by atoms with Gasteiger partial charge in [-0.15, -0.1) is 11.6 Å². The number of carbonyl (C=O) groups excluding carboxylic acids is 1. The molecule has 5 heteroatoms. The minimum Gasteiger partial charge on any atom is -0.390 e. The molecule has 0 radical (unpaired) electrons. The molecule has 3 aromatic carbocycles. The Morgan fingerprint density at radius 2 is 1.44 bits per heavy atom. The van der Waals surface area contributed by atoms with Gasteiger partial charge in [0.05, 0.1) is 12.0 Å². The molecule has 0 aliphatic carbocycles. The molecule has 0 aromatic heterocycles. The van der Waals surface area contributed by atoms with Crippen molar-refractivity contribution in [2.45, 2.75) is 6.10 Å². The van der Waals surface area contributed by atoms with E-state index in [4.69, 9.17) is 11.6 Å². The Morgan fingerprint density at radius 3 is 2.04 bits per heavy atom. The highest BCUT2D eigenvalue weighted by Crippen LogP contribution is 2.28. The molecular weight excluding hydrogens is 360 g/mol. The van der Waals surface area contributed by atoms with Gasteiger partial charge in [0.1, 0.15) is 0 Å². The van der Waals surface area contributed by atoms with Crippen molar-refractivity contribution < 1.29 is 9.90 Å². The van der Waals surface area contributed by atoms with Crippen molar-refractivity contribution in [1.29, 1.82) is 0 Å². The van der Waals surface area contributed by atoms with E-state index in [1.165, 1.54) is 0 Å².